The lowest BCUT2D eigenvalue weighted by atomic mass is 9.98. The van der Waals surface area contributed by atoms with Crippen LogP contribution in [0.2, 0.25) is 0 Å². The van der Waals surface area contributed by atoms with E-state index in [1.807, 2.05) is 19.3 Å². The van der Waals surface area contributed by atoms with Crippen molar-refractivity contribution in [3.8, 4) is 0 Å². The van der Waals surface area contributed by atoms with E-state index >= 15 is 0 Å². The van der Waals surface area contributed by atoms with Crippen LogP contribution in [0.1, 0.15) is 22.4 Å². The molecule has 96 valence electrons. The minimum atomic E-state index is -0.375. The quantitative estimate of drug-likeness (QED) is 0.895. The number of hydrogen-bond donors (Lipinski definition) is 1. The smallest absolute Gasteiger partial charge is 0.0650 e. The van der Waals surface area contributed by atoms with Crippen LogP contribution in [0, 0.1) is 13.8 Å². The molecular formula is C15H20N2O. The van der Waals surface area contributed by atoms with Gasteiger partial charge in [0.25, 0.3) is 0 Å². The van der Waals surface area contributed by atoms with E-state index < -0.39 is 0 Å². The third-order valence-corrected chi connectivity index (χ3v) is 3.17. The fourth-order valence-electron chi connectivity index (χ4n) is 2.16. The van der Waals surface area contributed by atoms with E-state index in [-0.39, 0.29) is 6.10 Å². The van der Waals surface area contributed by atoms with Gasteiger partial charge in [0.15, 0.2) is 0 Å². The second-order valence-electron chi connectivity index (χ2n) is 4.97. The average Bonchev–Trinajstić information content (AvgIpc) is 2.69. The van der Waals surface area contributed by atoms with E-state index in [2.05, 4.69) is 37.1 Å². The van der Waals surface area contributed by atoms with Gasteiger partial charge in [0.1, 0.15) is 0 Å². The van der Waals surface area contributed by atoms with Gasteiger partial charge in [-0.05, 0) is 37.5 Å². The van der Waals surface area contributed by atoms with Crippen LogP contribution in [0.4, 0.5) is 0 Å². The topological polar surface area (TPSA) is 38.0 Å². The molecule has 0 fully saturated rings. The molecule has 3 nitrogen and oxygen atoms in total. The van der Waals surface area contributed by atoms with Crippen molar-refractivity contribution in [1.29, 1.82) is 0 Å². The molecule has 1 aromatic heterocycles. The summed E-state index contributed by atoms with van der Waals surface area (Å²) in [4.78, 5) is 0. The van der Waals surface area contributed by atoms with Crippen LogP contribution in [0.25, 0.3) is 0 Å². The lowest BCUT2D eigenvalue weighted by molar-refractivity contribution is 0.174. The molecular weight excluding hydrogens is 224 g/mol. The van der Waals surface area contributed by atoms with E-state index in [4.69, 9.17) is 0 Å². The number of hydrogen-bond acceptors (Lipinski definition) is 2. The molecule has 0 amide bonds. The van der Waals surface area contributed by atoms with Crippen LogP contribution in [0.5, 0.6) is 0 Å². The number of aliphatic hydroxyl groups is 1. The fraction of sp³-hybridized carbons (Fsp3) is 0.400. The molecule has 2 aromatic rings. The molecule has 0 saturated carbocycles. The molecule has 3 heteroatoms. The molecule has 0 saturated heterocycles. The van der Waals surface area contributed by atoms with Gasteiger partial charge in [-0.3, -0.25) is 4.68 Å². The Morgan fingerprint density at radius 2 is 2.00 bits per heavy atom. The number of aliphatic hydroxyl groups excluding tert-OH is 1. The summed E-state index contributed by atoms with van der Waals surface area (Å²) in [6.07, 6.45) is 2.82. The van der Waals surface area contributed by atoms with Crippen LogP contribution in [0.3, 0.4) is 0 Å². The van der Waals surface area contributed by atoms with E-state index in [9.17, 15) is 5.11 Å². The zero-order chi connectivity index (χ0) is 13.1. The molecule has 0 bridgehead atoms. The standard InChI is InChI=1S/C15H20N2O/c1-11-4-5-12(2)13(8-11)9-15(18)10-14-6-7-17(3)16-14/h4-8,15,18H,9-10H2,1-3H3. The van der Waals surface area contributed by atoms with Crippen LogP contribution in [-0.2, 0) is 19.9 Å². The molecule has 1 aromatic carbocycles. The molecule has 0 aliphatic rings. The number of benzene rings is 1. The minimum Gasteiger partial charge on any atom is -0.392 e. The normalized spacial score (nSPS) is 12.7. The van der Waals surface area contributed by atoms with Crippen LogP contribution in [0.15, 0.2) is 30.5 Å². The maximum absolute atomic E-state index is 10.1. The van der Waals surface area contributed by atoms with E-state index in [1.165, 1.54) is 16.7 Å². The maximum Gasteiger partial charge on any atom is 0.0650 e. The molecule has 0 aliphatic heterocycles. The first-order chi connectivity index (χ1) is 8.54. The summed E-state index contributed by atoms with van der Waals surface area (Å²) < 4.78 is 1.76. The lowest BCUT2D eigenvalue weighted by Crippen LogP contribution is -2.15. The molecule has 18 heavy (non-hydrogen) atoms. The van der Waals surface area contributed by atoms with Crippen molar-refractivity contribution in [2.24, 2.45) is 7.05 Å². The Labute approximate surface area is 108 Å². The monoisotopic (exact) mass is 244 g/mol. The first kappa shape index (κ1) is 12.8. The summed E-state index contributed by atoms with van der Waals surface area (Å²) in [5, 5.41) is 14.4. The van der Waals surface area contributed by atoms with Gasteiger partial charge in [0.05, 0.1) is 11.8 Å². The van der Waals surface area contributed by atoms with Gasteiger partial charge in [-0.1, -0.05) is 23.8 Å². The van der Waals surface area contributed by atoms with Crippen molar-refractivity contribution in [2.75, 3.05) is 0 Å². The Hall–Kier alpha value is -1.61. The lowest BCUT2D eigenvalue weighted by Gasteiger charge is -2.12. The number of nitrogens with zero attached hydrogens (tertiary/aromatic N) is 2. The van der Waals surface area contributed by atoms with Crippen molar-refractivity contribution in [3.63, 3.8) is 0 Å². The SMILES string of the molecule is Cc1ccc(C)c(CC(O)Cc2ccn(C)n2)c1. The van der Waals surface area contributed by atoms with Gasteiger partial charge in [-0.2, -0.15) is 5.10 Å². The molecule has 2 rings (SSSR count). The van der Waals surface area contributed by atoms with Gasteiger partial charge in [-0.15, -0.1) is 0 Å². The van der Waals surface area contributed by atoms with Gasteiger partial charge in [0, 0.05) is 19.7 Å². The van der Waals surface area contributed by atoms with Gasteiger partial charge in [0.2, 0.25) is 0 Å². The second kappa shape index (κ2) is 5.36. The Morgan fingerprint density at radius 1 is 1.22 bits per heavy atom. The van der Waals surface area contributed by atoms with Crippen molar-refractivity contribution < 1.29 is 5.11 Å². The summed E-state index contributed by atoms with van der Waals surface area (Å²) in [6.45, 7) is 4.16. The highest BCUT2D eigenvalue weighted by Crippen LogP contribution is 2.14. The Morgan fingerprint density at radius 3 is 2.67 bits per heavy atom. The van der Waals surface area contributed by atoms with Crippen LogP contribution in [-0.4, -0.2) is 21.0 Å². The molecule has 1 atom stereocenters. The van der Waals surface area contributed by atoms with E-state index in [0.717, 1.165) is 5.69 Å². The highest BCUT2D eigenvalue weighted by molar-refractivity contribution is 5.31. The summed E-state index contributed by atoms with van der Waals surface area (Å²) in [5.41, 5.74) is 4.63. The first-order valence-electron chi connectivity index (χ1n) is 6.27. The summed E-state index contributed by atoms with van der Waals surface area (Å²) in [5.74, 6) is 0. The van der Waals surface area contributed by atoms with E-state index in [1.54, 1.807) is 4.68 Å². The zero-order valence-electron chi connectivity index (χ0n) is 11.2. The molecule has 1 unspecified atom stereocenters. The highest BCUT2D eigenvalue weighted by atomic mass is 16.3. The first-order valence-corrected chi connectivity index (χ1v) is 6.27. The third kappa shape index (κ3) is 3.20. The van der Waals surface area contributed by atoms with Crippen molar-refractivity contribution >= 4 is 0 Å². The molecule has 0 radical (unpaired) electrons. The predicted molar refractivity (Wildman–Crippen MR) is 72.5 cm³/mol. The Bertz CT molecular complexity index is 531. The van der Waals surface area contributed by atoms with Gasteiger partial charge >= 0.3 is 0 Å². The van der Waals surface area contributed by atoms with E-state index in [0.29, 0.717) is 12.8 Å². The fourth-order valence-corrected chi connectivity index (χ4v) is 2.16. The number of aromatic nitrogens is 2. The largest absolute Gasteiger partial charge is 0.392 e. The van der Waals surface area contributed by atoms with Crippen molar-refractivity contribution in [1.82, 2.24) is 9.78 Å². The minimum absolute atomic E-state index is 0.375. The summed E-state index contributed by atoms with van der Waals surface area (Å²) in [6, 6.07) is 8.31. The zero-order valence-corrected chi connectivity index (χ0v) is 11.2. The van der Waals surface area contributed by atoms with Crippen molar-refractivity contribution in [2.45, 2.75) is 32.8 Å². The Balaban J connectivity index is 2.02. The van der Waals surface area contributed by atoms with Gasteiger partial charge in [-0.25, -0.2) is 0 Å². The predicted octanol–water partition coefficient (Wildman–Crippen LogP) is 2.18. The molecule has 1 heterocycles. The molecule has 1 N–H and O–H groups in total. The molecule has 0 aliphatic carbocycles. The average molecular weight is 244 g/mol. The Kier molecular flexibility index (Phi) is 3.82. The molecule has 0 spiro atoms. The highest BCUT2D eigenvalue weighted by Gasteiger charge is 2.10. The summed E-state index contributed by atoms with van der Waals surface area (Å²) >= 11 is 0. The third-order valence-electron chi connectivity index (χ3n) is 3.17. The van der Waals surface area contributed by atoms with Crippen molar-refractivity contribution in [3.05, 3.63) is 52.8 Å². The van der Waals surface area contributed by atoms with Gasteiger partial charge < -0.3 is 5.11 Å². The second-order valence-corrected chi connectivity index (χ2v) is 4.97. The maximum atomic E-state index is 10.1. The summed E-state index contributed by atoms with van der Waals surface area (Å²) in [7, 11) is 1.89. The number of rotatable bonds is 4. The number of aryl methyl sites for hydroxylation is 3. The van der Waals surface area contributed by atoms with Crippen LogP contribution < -0.4 is 0 Å². The van der Waals surface area contributed by atoms with Crippen LogP contribution >= 0.6 is 0 Å².